The molecular formula is C25H25N8O3+. The van der Waals surface area contributed by atoms with E-state index < -0.39 is 0 Å². The maximum Gasteiger partial charge on any atom is 0.267 e. The van der Waals surface area contributed by atoms with Crippen LogP contribution < -0.4 is 16.0 Å². The number of nitrogens with zero attached hydrogens (tertiary/aromatic N) is 5. The Morgan fingerprint density at radius 2 is 1.92 bits per heavy atom. The average molecular weight is 486 g/mol. The van der Waals surface area contributed by atoms with Crippen molar-refractivity contribution in [3.63, 3.8) is 0 Å². The van der Waals surface area contributed by atoms with Crippen molar-refractivity contribution in [1.29, 1.82) is 5.41 Å². The molecule has 1 aliphatic rings. The standard InChI is InChI=1S/C25H24N8O3/c26-21-8-3-17(15-33-23(34)2-1-9-28-33)14-20(21)24(27)22-16-32(30-29-22)19-6-4-18(5-7-19)25(35)31-10-12-36-13-11-31/h1-9,14,16H,10-13,15H2,(H3,26,27)/p+1. The predicted octanol–water partition coefficient (Wildman–Crippen LogP) is 0.762. The summed E-state index contributed by atoms with van der Waals surface area (Å²) in [5.74, 6) is -0.0229. The minimum Gasteiger partial charge on any atom is -0.398 e. The molecule has 1 aliphatic heterocycles. The first-order chi connectivity index (χ1) is 17.5. The first kappa shape index (κ1) is 23.1. The molecule has 2 aromatic heterocycles. The molecule has 3 heterocycles. The van der Waals surface area contributed by atoms with Crippen molar-refractivity contribution >= 4 is 17.3 Å². The van der Waals surface area contributed by atoms with E-state index in [0.29, 0.717) is 48.8 Å². The third-order valence-electron chi connectivity index (χ3n) is 5.98. The van der Waals surface area contributed by atoms with Gasteiger partial charge in [-0.2, -0.15) is 5.10 Å². The van der Waals surface area contributed by atoms with Crippen LogP contribution in [0.4, 0.5) is 5.69 Å². The van der Waals surface area contributed by atoms with E-state index >= 15 is 0 Å². The molecule has 0 spiro atoms. The molecule has 5 rings (SSSR count). The van der Waals surface area contributed by atoms with E-state index in [4.69, 9.17) is 15.9 Å². The number of morpholine rings is 1. The summed E-state index contributed by atoms with van der Waals surface area (Å²) in [5.41, 5.74) is 9.56. The SMILES string of the molecule is N=C(c1c[n+](-c2ccc(C(=O)N3CCOCC3)cc2)[nH]n1)c1cc(Cn2ncccc2=O)ccc1N. The number of anilines is 1. The fourth-order valence-electron chi connectivity index (χ4n) is 3.99. The number of ether oxygens (including phenoxy) is 1. The minimum atomic E-state index is -0.211. The minimum absolute atomic E-state index is 0.0229. The molecule has 11 heteroatoms. The monoisotopic (exact) mass is 485 g/mol. The highest BCUT2D eigenvalue weighted by Gasteiger charge is 2.21. The Bertz CT molecular complexity index is 1470. The molecule has 1 fully saturated rings. The number of hydrogen-bond donors (Lipinski definition) is 3. The van der Waals surface area contributed by atoms with E-state index in [2.05, 4.69) is 15.4 Å². The Labute approximate surface area is 206 Å². The molecule has 4 aromatic rings. The van der Waals surface area contributed by atoms with E-state index in [-0.39, 0.29) is 23.7 Å². The molecule has 0 saturated carbocycles. The molecule has 182 valence electrons. The third kappa shape index (κ3) is 4.77. The number of hydrogen-bond acceptors (Lipinski definition) is 7. The fourth-order valence-corrected chi connectivity index (χ4v) is 3.99. The second-order valence-electron chi connectivity index (χ2n) is 8.36. The van der Waals surface area contributed by atoms with Crippen molar-refractivity contribution in [3.05, 3.63) is 99.7 Å². The molecule has 0 radical (unpaired) electrons. The summed E-state index contributed by atoms with van der Waals surface area (Å²) in [6.45, 7) is 2.54. The van der Waals surface area contributed by atoms with Crippen molar-refractivity contribution in [2.24, 2.45) is 0 Å². The number of H-pyrrole nitrogens is 1. The zero-order chi connectivity index (χ0) is 25.1. The number of nitrogens with one attached hydrogen (secondary N) is 2. The lowest BCUT2D eigenvalue weighted by Crippen LogP contribution is -2.40. The van der Waals surface area contributed by atoms with Crippen molar-refractivity contribution in [2.45, 2.75) is 6.54 Å². The number of carbonyl (C=O) groups is 1. The highest BCUT2D eigenvalue weighted by atomic mass is 16.5. The number of nitrogen functional groups attached to an aromatic ring is 1. The number of carbonyl (C=O) groups excluding carboxylic acids is 1. The maximum absolute atomic E-state index is 12.7. The van der Waals surface area contributed by atoms with E-state index in [1.165, 1.54) is 10.7 Å². The summed E-state index contributed by atoms with van der Waals surface area (Å²) in [5, 5.41) is 19.9. The Hall–Kier alpha value is -4.64. The Balaban J connectivity index is 1.33. The lowest BCUT2D eigenvalue weighted by molar-refractivity contribution is -0.659. The van der Waals surface area contributed by atoms with Crippen LogP contribution in [0.3, 0.4) is 0 Å². The van der Waals surface area contributed by atoms with Crippen LogP contribution in [0.1, 0.15) is 27.2 Å². The molecule has 0 aliphatic carbocycles. The van der Waals surface area contributed by atoms with Crippen molar-refractivity contribution in [3.8, 4) is 5.69 Å². The van der Waals surface area contributed by atoms with Crippen LogP contribution in [0.5, 0.6) is 0 Å². The van der Waals surface area contributed by atoms with Crippen LogP contribution in [0.25, 0.3) is 5.69 Å². The van der Waals surface area contributed by atoms with Crippen LogP contribution in [-0.2, 0) is 11.3 Å². The van der Waals surface area contributed by atoms with Crippen molar-refractivity contribution in [1.82, 2.24) is 25.0 Å². The van der Waals surface area contributed by atoms with Gasteiger partial charge >= 0.3 is 0 Å². The van der Waals surface area contributed by atoms with E-state index in [1.807, 2.05) is 12.1 Å². The summed E-state index contributed by atoms with van der Waals surface area (Å²) in [6, 6.07) is 15.5. The molecule has 4 N–H and O–H groups in total. The Morgan fingerprint density at radius 3 is 2.67 bits per heavy atom. The number of amides is 1. The summed E-state index contributed by atoms with van der Waals surface area (Å²) in [4.78, 5) is 26.5. The lowest BCUT2D eigenvalue weighted by atomic mass is 10.0. The smallest absolute Gasteiger partial charge is 0.267 e. The van der Waals surface area contributed by atoms with Crippen molar-refractivity contribution < 1.29 is 14.2 Å². The zero-order valence-corrected chi connectivity index (χ0v) is 19.4. The quantitative estimate of drug-likeness (QED) is 0.209. The predicted molar refractivity (Wildman–Crippen MR) is 131 cm³/mol. The molecule has 11 nitrogen and oxygen atoms in total. The first-order valence-electron chi connectivity index (χ1n) is 11.4. The average Bonchev–Trinajstić information content (AvgIpc) is 3.41. The molecule has 36 heavy (non-hydrogen) atoms. The number of aromatic nitrogens is 5. The van der Waals surface area contributed by atoms with E-state index in [1.54, 1.807) is 58.4 Å². The van der Waals surface area contributed by atoms with Crippen LogP contribution in [0, 0.1) is 5.41 Å². The summed E-state index contributed by atoms with van der Waals surface area (Å²) in [7, 11) is 0. The van der Waals surface area contributed by atoms with E-state index in [9.17, 15) is 9.59 Å². The molecule has 1 amide bonds. The van der Waals surface area contributed by atoms with Gasteiger partial charge in [0.1, 0.15) is 5.71 Å². The van der Waals surface area contributed by atoms with Gasteiger partial charge in [0.05, 0.1) is 19.8 Å². The van der Waals surface area contributed by atoms with Gasteiger partial charge < -0.3 is 15.4 Å². The normalized spacial score (nSPS) is 13.5. The van der Waals surface area contributed by atoms with E-state index in [0.717, 1.165) is 11.3 Å². The number of benzene rings is 2. The second-order valence-corrected chi connectivity index (χ2v) is 8.36. The summed E-state index contributed by atoms with van der Waals surface area (Å²) >= 11 is 0. The van der Waals surface area contributed by atoms with Crippen LogP contribution in [-0.4, -0.2) is 62.9 Å². The summed E-state index contributed by atoms with van der Waals surface area (Å²) in [6.07, 6.45) is 3.24. The molecule has 1 saturated heterocycles. The lowest BCUT2D eigenvalue weighted by Gasteiger charge is -2.26. The Morgan fingerprint density at radius 1 is 1.14 bits per heavy atom. The topological polar surface area (TPSA) is 147 Å². The van der Waals surface area contributed by atoms with Crippen LogP contribution in [0.15, 0.2) is 71.8 Å². The highest BCUT2D eigenvalue weighted by Crippen LogP contribution is 2.18. The number of aromatic amines is 1. The first-order valence-corrected chi connectivity index (χ1v) is 11.4. The van der Waals surface area contributed by atoms with Gasteiger partial charge in [0.25, 0.3) is 17.2 Å². The molecule has 0 bridgehead atoms. The van der Waals surface area contributed by atoms with Crippen molar-refractivity contribution in [2.75, 3.05) is 32.0 Å². The maximum atomic E-state index is 12.7. The van der Waals surface area contributed by atoms with Gasteiger partial charge in [-0.15, -0.1) is 4.68 Å². The Kier molecular flexibility index (Phi) is 6.37. The van der Waals surface area contributed by atoms with Crippen LogP contribution in [0.2, 0.25) is 0 Å². The fraction of sp³-hybridized carbons (Fsp3) is 0.200. The van der Waals surface area contributed by atoms with Gasteiger partial charge in [-0.3, -0.25) is 15.0 Å². The van der Waals surface area contributed by atoms with Gasteiger partial charge in [0.15, 0.2) is 11.9 Å². The van der Waals surface area contributed by atoms with Gasteiger partial charge in [-0.25, -0.2) is 4.68 Å². The number of nitrogens with two attached hydrogens (primary N) is 1. The second kappa shape index (κ2) is 9.92. The molecule has 0 unspecified atom stereocenters. The van der Waals surface area contributed by atoms with Gasteiger partial charge in [-0.1, -0.05) is 11.3 Å². The molecular weight excluding hydrogens is 460 g/mol. The molecule has 2 aromatic carbocycles. The molecule has 0 atom stereocenters. The third-order valence-corrected chi connectivity index (χ3v) is 5.98. The summed E-state index contributed by atoms with van der Waals surface area (Å²) < 4.78 is 8.32. The van der Waals surface area contributed by atoms with Gasteiger partial charge in [0, 0.05) is 47.3 Å². The van der Waals surface area contributed by atoms with Crippen LogP contribution >= 0.6 is 0 Å². The van der Waals surface area contributed by atoms with Gasteiger partial charge in [-0.05, 0) is 48.0 Å². The van der Waals surface area contributed by atoms with Gasteiger partial charge in [0.2, 0.25) is 0 Å². The zero-order valence-electron chi connectivity index (χ0n) is 19.4. The largest absolute Gasteiger partial charge is 0.398 e. The number of rotatable bonds is 6. The highest BCUT2D eigenvalue weighted by molar-refractivity contribution is 6.12.